The third-order valence-corrected chi connectivity index (χ3v) is 6.64. The molecule has 0 aliphatic carbocycles. The molecule has 0 saturated heterocycles. The minimum absolute atomic E-state index is 0.185. The Morgan fingerprint density at radius 3 is 2.91 bits per heavy atom. The Hall–Kier alpha value is -3.49. The lowest BCUT2D eigenvalue weighted by Gasteiger charge is -2.07. The predicted molar refractivity (Wildman–Crippen MR) is 127 cm³/mol. The molecule has 3 heterocycles. The maximum atomic E-state index is 12.5. The summed E-state index contributed by atoms with van der Waals surface area (Å²) >= 11 is 2.44. The second-order valence-corrected chi connectivity index (χ2v) is 8.77. The van der Waals surface area contributed by atoms with E-state index in [1.54, 1.807) is 32.3 Å². The Bertz CT molecular complexity index is 1200. The number of carbonyl (C=O) groups is 2. The second kappa shape index (κ2) is 11.4. The Kier molecular flexibility index (Phi) is 8.34. The second-order valence-electron chi connectivity index (χ2n) is 6.69. The summed E-state index contributed by atoms with van der Waals surface area (Å²) in [5.74, 6) is 0.358. The summed E-state index contributed by atoms with van der Waals surface area (Å²) in [5, 5.41) is 21.7. The zero-order valence-electron chi connectivity index (χ0n) is 18.2. The van der Waals surface area contributed by atoms with Crippen LogP contribution in [0.2, 0.25) is 0 Å². The molecule has 0 spiro atoms. The van der Waals surface area contributed by atoms with Gasteiger partial charge in [0.15, 0.2) is 11.0 Å². The quantitative estimate of drug-likeness (QED) is 0.261. The lowest BCUT2D eigenvalue weighted by molar-refractivity contribution is -0.115. The van der Waals surface area contributed by atoms with Crippen LogP contribution in [0.4, 0.5) is 5.00 Å². The van der Waals surface area contributed by atoms with Gasteiger partial charge in [-0.2, -0.15) is 5.26 Å². The monoisotopic (exact) mass is 482 g/mol. The summed E-state index contributed by atoms with van der Waals surface area (Å²) in [6.07, 6.45) is 5.34. The van der Waals surface area contributed by atoms with Crippen molar-refractivity contribution in [2.75, 3.05) is 17.7 Å². The van der Waals surface area contributed by atoms with E-state index in [2.05, 4.69) is 33.1 Å². The number of hydrogen-bond acceptors (Lipinski definition) is 9. The van der Waals surface area contributed by atoms with Gasteiger partial charge in [0.2, 0.25) is 5.91 Å². The SMILES string of the molecule is C=CCn1c(SCCC(=O)Nc2sc(C(=O)OCC)c(C)c2C#N)nnc1-c1cccnc1. The number of aromatic nitrogens is 4. The number of pyridine rings is 1. The van der Waals surface area contributed by atoms with Crippen molar-refractivity contribution in [3.8, 4) is 17.5 Å². The van der Waals surface area contributed by atoms with Crippen molar-refractivity contribution in [1.29, 1.82) is 5.26 Å². The summed E-state index contributed by atoms with van der Waals surface area (Å²) in [6.45, 7) is 7.92. The molecular weight excluding hydrogens is 460 g/mol. The van der Waals surface area contributed by atoms with Gasteiger partial charge in [-0.15, -0.1) is 28.1 Å². The molecule has 33 heavy (non-hydrogen) atoms. The molecular formula is C22H22N6O3S2. The van der Waals surface area contributed by atoms with Crippen LogP contribution in [-0.4, -0.2) is 44.0 Å². The summed E-state index contributed by atoms with van der Waals surface area (Å²) in [6, 6.07) is 5.78. The van der Waals surface area contributed by atoms with Crippen LogP contribution >= 0.6 is 23.1 Å². The molecule has 0 fully saturated rings. The van der Waals surface area contributed by atoms with Crippen LogP contribution < -0.4 is 5.32 Å². The van der Waals surface area contributed by atoms with E-state index in [1.165, 1.54) is 11.8 Å². The number of nitrogens with zero attached hydrogens (tertiary/aromatic N) is 5. The molecule has 3 rings (SSSR count). The maximum Gasteiger partial charge on any atom is 0.348 e. The van der Waals surface area contributed by atoms with Gasteiger partial charge in [0.25, 0.3) is 0 Å². The molecule has 0 aliphatic rings. The van der Waals surface area contributed by atoms with Gasteiger partial charge in [0, 0.05) is 36.7 Å². The van der Waals surface area contributed by atoms with E-state index in [-0.39, 0.29) is 24.5 Å². The molecule has 0 saturated carbocycles. The Labute approximate surface area is 199 Å². The number of thiophene rings is 1. The van der Waals surface area contributed by atoms with Gasteiger partial charge in [-0.05, 0) is 31.5 Å². The molecule has 11 heteroatoms. The lowest BCUT2D eigenvalue weighted by Crippen LogP contribution is -2.12. The van der Waals surface area contributed by atoms with Gasteiger partial charge in [-0.25, -0.2) is 4.79 Å². The van der Waals surface area contributed by atoms with Gasteiger partial charge in [0.05, 0.1) is 12.2 Å². The minimum Gasteiger partial charge on any atom is -0.462 e. The number of hydrogen-bond donors (Lipinski definition) is 1. The van der Waals surface area contributed by atoms with E-state index in [1.807, 2.05) is 16.7 Å². The third-order valence-electron chi connectivity index (χ3n) is 4.48. The Balaban J connectivity index is 1.65. The number of rotatable bonds is 10. The number of thioether (sulfide) groups is 1. The van der Waals surface area contributed by atoms with Crippen LogP contribution in [0, 0.1) is 18.3 Å². The average molecular weight is 483 g/mol. The first-order chi connectivity index (χ1) is 16.0. The highest BCUT2D eigenvalue weighted by Gasteiger charge is 2.22. The predicted octanol–water partition coefficient (Wildman–Crippen LogP) is 4.07. The number of esters is 1. The van der Waals surface area contributed by atoms with E-state index >= 15 is 0 Å². The van der Waals surface area contributed by atoms with Gasteiger partial charge in [0.1, 0.15) is 15.9 Å². The summed E-state index contributed by atoms with van der Waals surface area (Å²) in [5.41, 5.74) is 1.62. The molecule has 0 aromatic carbocycles. The van der Waals surface area contributed by atoms with Crippen LogP contribution in [0.1, 0.15) is 34.1 Å². The highest BCUT2D eigenvalue weighted by molar-refractivity contribution is 7.99. The first-order valence-corrected chi connectivity index (χ1v) is 11.9. The average Bonchev–Trinajstić information content (AvgIpc) is 3.35. The smallest absolute Gasteiger partial charge is 0.348 e. The van der Waals surface area contributed by atoms with E-state index in [9.17, 15) is 14.9 Å². The number of ether oxygens (including phenoxy) is 1. The lowest BCUT2D eigenvalue weighted by atomic mass is 10.2. The largest absolute Gasteiger partial charge is 0.462 e. The zero-order chi connectivity index (χ0) is 23.8. The van der Waals surface area contributed by atoms with Crippen LogP contribution in [0.3, 0.4) is 0 Å². The first-order valence-electron chi connectivity index (χ1n) is 10.1. The highest BCUT2D eigenvalue weighted by atomic mass is 32.2. The van der Waals surface area contributed by atoms with E-state index in [4.69, 9.17) is 4.74 Å². The van der Waals surface area contributed by atoms with Crippen molar-refractivity contribution in [2.45, 2.75) is 32.0 Å². The molecule has 1 N–H and O–H groups in total. The van der Waals surface area contributed by atoms with Crippen molar-refractivity contribution in [3.63, 3.8) is 0 Å². The van der Waals surface area contributed by atoms with Crippen LogP contribution in [0.25, 0.3) is 11.4 Å². The van der Waals surface area contributed by atoms with Crippen LogP contribution in [0.15, 0.2) is 42.3 Å². The zero-order valence-corrected chi connectivity index (χ0v) is 19.8. The van der Waals surface area contributed by atoms with Gasteiger partial charge < -0.3 is 10.1 Å². The van der Waals surface area contributed by atoms with Crippen molar-refractivity contribution in [3.05, 3.63) is 53.2 Å². The minimum atomic E-state index is -0.501. The molecule has 170 valence electrons. The highest BCUT2D eigenvalue weighted by Crippen LogP contribution is 2.33. The molecule has 1 amide bonds. The Morgan fingerprint density at radius 2 is 2.24 bits per heavy atom. The summed E-state index contributed by atoms with van der Waals surface area (Å²) < 4.78 is 6.94. The molecule has 0 atom stereocenters. The van der Waals surface area contributed by atoms with Crippen molar-refractivity contribution in [1.82, 2.24) is 19.7 Å². The van der Waals surface area contributed by atoms with Gasteiger partial charge in [-0.1, -0.05) is 17.8 Å². The van der Waals surface area contributed by atoms with Crippen molar-refractivity contribution in [2.24, 2.45) is 0 Å². The number of nitriles is 1. The normalized spacial score (nSPS) is 10.5. The van der Waals surface area contributed by atoms with E-state index in [0.717, 1.165) is 16.9 Å². The topological polar surface area (TPSA) is 123 Å². The number of nitrogens with one attached hydrogen (secondary N) is 1. The van der Waals surface area contributed by atoms with Crippen LogP contribution in [0.5, 0.6) is 0 Å². The fraction of sp³-hybridized carbons (Fsp3) is 0.273. The molecule has 3 aromatic heterocycles. The first kappa shape index (κ1) is 24.2. The molecule has 0 bridgehead atoms. The molecule has 0 radical (unpaired) electrons. The van der Waals surface area contributed by atoms with Gasteiger partial charge in [-0.3, -0.25) is 14.3 Å². The standard InChI is InChI=1S/C22H22N6O3S2/c1-4-10-28-19(15-7-6-9-24-13-15)26-27-22(28)32-11-8-17(29)25-20-16(12-23)14(3)18(33-20)21(30)31-5-2/h4,6-7,9,13H,1,5,8,10-11H2,2-3H3,(H,25,29). The fourth-order valence-corrected chi connectivity index (χ4v) is 4.90. The van der Waals surface area contributed by atoms with Gasteiger partial charge >= 0.3 is 5.97 Å². The fourth-order valence-electron chi connectivity index (χ4n) is 2.95. The molecule has 0 aliphatic heterocycles. The van der Waals surface area contributed by atoms with Crippen LogP contribution in [-0.2, 0) is 16.1 Å². The van der Waals surface area contributed by atoms with E-state index in [0.29, 0.717) is 38.7 Å². The van der Waals surface area contributed by atoms with Crippen molar-refractivity contribution >= 4 is 40.0 Å². The number of anilines is 1. The summed E-state index contributed by atoms with van der Waals surface area (Å²) in [4.78, 5) is 29.0. The number of carbonyl (C=O) groups excluding carboxylic acids is 2. The van der Waals surface area contributed by atoms with Crippen molar-refractivity contribution < 1.29 is 14.3 Å². The number of amides is 1. The Morgan fingerprint density at radius 1 is 1.42 bits per heavy atom. The molecule has 0 unspecified atom stereocenters. The third kappa shape index (κ3) is 5.66. The molecule has 9 nitrogen and oxygen atoms in total. The molecule has 3 aromatic rings. The maximum absolute atomic E-state index is 12.5. The van der Waals surface area contributed by atoms with E-state index < -0.39 is 5.97 Å². The number of allylic oxidation sites excluding steroid dienone is 1. The summed E-state index contributed by atoms with van der Waals surface area (Å²) in [7, 11) is 0.